The van der Waals surface area contributed by atoms with Crippen molar-refractivity contribution in [3.8, 4) is 0 Å². The Morgan fingerprint density at radius 3 is 1.09 bits per heavy atom. The van der Waals surface area contributed by atoms with Crippen LogP contribution < -0.4 is 37.2 Å². The fourth-order valence-electron chi connectivity index (χ4n) is 9.30. The summed E-state index contributed by atoms with van der Waals surface area (Å²) < 4.78 is 50.5. The minimum absolute atomic E-state index is 0.00167. The minimum atomic E-state index is -1.55. The van der Waals surface area contributed by atoms with E-state index in [1.165, 1.54) is 6.92 Å². The van der Waals surface area contributed by atoms with Crippen LogP contribution >= 0.6 is 0 Å². The Hall–Kier alpha value is -4.06. The van der Waals surface area contributed by atoms with Crippen molar-refractivity contribution in [3.63, 3.8) is 0 Å². The van der Waals surface area contributed by atoms with Crippen LogP contribution in [0.15, 0.2) is 0 Å². The number of carbonyl (C=O) groups excluding carboxylic acids is 6. The van der Waals surface area contributed by atoms with Crippen molar-refractivity contribution in [3.05, 3.63) is 0 Å². The van der Waals surface area contributed by atoms with Gasteiger partial charge in [-0.1, -0.05) is 13.8 Å². The first-order valence-corrected chi connectivity index (χ1v) is 32.3. The maximum atomic E-state index is 12.8. The van der Waals surface area contributed by atoms with Gasteiger partial charge in [0.1, 0.15) is 61.0 Å². The first-order valence-electron chi connectivity index (χ1n) is 32.3. The van der Waals surface area contributed by atoms with E-state index in [9.17, 15) is 90.0 Å². The molecule has 93 heavy (non-hydrogen) atoms. The van der Waals surface area contributed by atoms with Crippen molar-refractivity contribution in [2.75, 3.05) is 125 Å². The maximum absolute atomic E-state index is 12.8. The lowest BCUT2D eigenvalue weighted by Crippen LogP contribution is -2.59. The highest BCUT2D eigenvalue weighted by molar-refractivity contribution is 5.78. The second kappa shape index (κ2) is 50.3. The Morgan fingerprint density at radius 1 is 0.430 bits per heavy atom. The highest BCUT2D eigenvalue weighted by Crippen LogP contribution is 2.24. The summed E-state index contributed by atoms with van der Waals surface area (Å²) in [4.78, 5) is 75.5. The van der Waals surface area contributed by atoms with Gasteiger partial charge in [-0.3, -0.25) is 28.8 Å². The molecule has 0 aromatic carbocycles. The van der Waals surface area contributed by atoms with Crippen LogP contribution in [0.25, 0.3) is 0 Å². The van der Waals surface area contributed by atoms with Crippen LogP contribution in [0, 0.1) is 0 Å². The molecule has 544 valence electrons. The summed E-state index contributed by atoms with van der Waals surface area (Å²) in [5.41, 5.74) is -1.00. The van der Waals surface area contributed by atoms with Crippen LogP contribution in [-0.4, -0.2) is 319 Å². The molecule has 2 fully saturated rings. The number of nitrogens with one attached hydrogen (secondary N) is 7. The molecule has 19 N–H and O–H groups in total. The van der Waals surface area contributed by atoms with Gasteiger partial charge in [0.25, 0.3) is 0 Å². The summed E-state index contributed by atoms with van der Waals surface area (Å²) in [6.45, 7) is 4.89. The number of aliphatic hydroxyl groups excluding tert-OH is 12. The number of aliphatic hydroxyl groups is 12. The molecule has 0 spiro atoms. The van der Waals surface area contributed by atoms with Crippen molar-refractivity contribution >= 4 is 35.4 Å². The van der Waals surface area contributed by atoms with E-state index in [0.29, 0.717) is 77.4 Å². The second-order valence-electron chi connectivity index (χ2n) is 23.2. The molecule has 34 nitrogen and oxygen atoms in total. The van der Waals surface area contributed by atoms with Crippen molar-refractivity contribution in [2.45, 2.75) is 215 Å². The molecule has 0 radical (unpaired) electrons. The van der Waals surface area contributed by atoms with E-state index in [1.807, 2.05) is 13.8 Å². The highest BCUT2D eigenvalue weighted by atomic mass is 16.7. The summed E-state index contributed by atoms with van der Waals surface area (Å²) in [5.74, 6) is -1.53. The first kappa shape index (κ1) is 85.0. The van der Waals surface area contributed by atoms with Gasteiger partial charge in [0, 0.05) is 104 Å². The average molecular weight is 1350 g/mol. The SMILES string of the molecule is CC(C)NC(COCCC(=O)NCCCNC(=O)CCCCOC1OC(CO)C(O)C(O)C1O)(COCCC(=O)NCCCNC(=O)CCCCOC1OC(CO)C(O)C(O)C1O)COCCC(=O)NCCCNC(=O)CCCCOC(OC(CO)[C@H](C)O)[C@H](O)CO. The van der Waals surface area contributed by atoms with Gasteiger partial charge in [-0.05, 0) is 64.7 Å². The van der Waals surface area contributed by atoms with Gasteiger partial charge in [0.15, 0.2) is 18.9 Å². The number of unbranched alkanes of at least 4 members (excludes halogenated alkanes) is 3. The predicted octanol–water partition coefficient (Wildman–Crippen LogP) is -6.59. The van der Waals surface area contributed by atoms with E-state index in [1.54, 1.807) is 0 Å². The number of ether oxygens (including phenoxy) is 9. The Balaban J connectivity index is 1.78. The quantitative estimate of drug-likeness (QED) is 0.0199. The molecule has 34 heteroatoms. The second-order valence-corrected chi connectivity index (χ2v) is 23.2. The van der Waals surface area contributed by atoms with Crippen molar-refractivity contribution in [1.29, 1.82) is 0 Å². The van der Waals surface area contributed by atoms with Crippen LogP contribution in [0.3, 0.4) is 0 Å². The fourth-order valence-corrected chi connectivity index (χ4v) is 9.30. The minimum Gasteiger partial charge on any atom is -0.394 e. The summed E-state index contributed by atoms with van der Waals surface area (Å²) in [6, 6.07) is -0.127. The molecular formula is C59H111N7O27. The monoisotopic (exact) mass is 1350 g/mol. The first-order chi connectivity index (χ1) is 44.5. The molecule has 2 saturated heterocycles. The van der Waals surface area contributed by atoms with Gasteiger partial charge in [-0.15, -0.1) is 0 Å². The lowest BCUT2D eigenvalue weighted by atomic mass is 9.99. The zero-order chi connectivity index (χ0) is 69.0. The van der Waals surface area contributed by atoms with E-state index in [-0.39, 0.29) is 159 Å². The normalized spacial score (nSPS) is 23.5. The fraction of sp³-hybridized carbons (Fsp3) is 0.898. The topological polar surface area (TPSA) is 512 Å². The summed E-state index contributed by atoms with van der Waals surface area (Å²) >= 11 is 0. The number of amides is 6. The third-order valence-corrected chi connectivity index (χ3v) is 14.6. The van der Waals surface area contributed by atoms with Crippen LogP contribution in [0.1, 0.15) is 117 Å². The van der Waals surface area contributed by atoms with E-state index >= 15 is 0 Å². The number of hydrogen-bond acceptors (Lipinski definition) is 28. The molecule has 0 aromatic rings. The van der Waals surface area contributed by atoms with Gasteiger partial charge in [-0.2, -0.15) is 0 Å². The van der Waals surface area contributed by atoms with Crippen LogP contribution in [0.5, 0.6) is 0 Å². The largest absolute Gasteiger partial charge is 0.394 e. The predicted molar refractivity (Wildman–Crippen MR) is 327 cm³/mol. The van der Waals surface area contributed by atoms with E-state index in [4.69, 9.17) is 42.6 Å². The van der Waals surface area contributed by atoms with E-state index in [0.717, 1.165) is 0 Å². The Labute approximate surface area is 543 Å². The zero-order valence-electron chi connectivity index (χ0n) is 54.2. The molecule has 2 rings (SSSR count). The van der Waals surface area contributed by atoms with Gasteiger partial charge in [0.05, 0.1) is 77.7 Å². The lowest BCUT2D eigenvalue weighted by Gasteiger charge is -2.39. The van der Waals surface area contributed by atoms with Crippen LogP contribution in [0.2, 0.25) is 0 Å². The van der Waals surface area contributed by atoms with Crippen LogP contribution in [-0.2, 0) is 71.4 Å². The third-order valence-electron chi connectivity index (χ3n) is 14.6. The number of rotatable bonds is 55. The molecule has 0 bridgehead atoms. The molecule has 14 atom stereocenters. The average Bonchev–Trinajstić information content (AvgIpc) is 0.927. The molecule has 0 aliphatic carbocycles. The van der Waals surface area contributed by atoms with E-state index in [2.05, 4.69) is 37.2 Å². The molecule has 0 saturated carbocycles. The van der Waals surface area contributed by atoms with Crippen molar-refractivity contribution in [1.82, 2.24) is 37.2 Å². The summed E-state index contributed by atoms with van der Waals surface area (Å²) in [7, 11) is 0. The highest BCUT2D eigenvalue weighted by Gasteiger charge is 2.45. The molecule has 2 aliphatic heterocycles. The number of carbonyl (C=O) groups is 6. The molecule has 0 aromatic heterocycles. The molecule has 2 aliphatic rings. The van der Waals surface area contributed by atoms with Crippen molar-refractivity contribution in [2.24, 2.45) is 0 Å². The van der Waals surface area contributed by atoms with Gasteiger partial charge in [-0.25, -0.2) is 0 Å². The Kier molecular flexibility index (Phi) is 46.0. The Bertz CT molecular complexity index is 1940. The molecule has 6 amide bonds. The molecular weight excluding hydrogens is 1240 g/mol. The van der Waals surface area contributed by atoms with Gasteiger partial charge < -0.3 is 141 Å². The third kappa shape index (κ3) is 36.8. The maximum Gasteiger partial charge on any atom is 0.222 e. The van der Waals surface area contributed by atoms with Crippen LogP contribution in [0.4, 0.5) is 0 Å². The smallest absolute Gasteiger partial charge is 0.222 e. The molecule has 2 heterocycles. The van der Waals surface area contributed by atoms with Gasteiger partial charge >= 0.3 is 0 Å². The van der Waals surface area contributed by atoms with Gasteiger partial charge in [0.2, 0.25) is 35.4 Å². The summed E-state index contributed by atoms with van der Waals surface area (Å²) in [6.07, 6.45) is -14.1. The zero-order valence-corrected chi connectivity index (χ0v) is 54.2. The molecule has 12 unspecified atom stereocenters. The number of hydrogen-bond donors (Lipinski definition) is 19. The van der Waals surface area contributed by atoms with Crippen molar-refractivity contribution < 1.29 is 133 Å². The Morgan fingerprint density at radius 2 is 0.774 bits per heavy atom. The standard InChI is InChI=1S/C59H111N7O27/c1-38(2)66-59(35-85-28-16-47(76)63-22-10-19-60-44(73)13-4-7-25-88-56(40(72)31-67)91-41(32-68)39(3)71,36-86-29-17-48(77)64-23-11-20-61-45(74)14-5-8-26-89-57-54(83)52(81)50(79)42(33-69)92-57)37-87-30-18-49(78)65-24-12-21-62-46(75)15-6-9-27-90-58-55(84)53(82)51(80)43(34-70)93-58/h38-43,50-58,66-72,79-84H,4-37H2,1-3H3,(H,60,73)(H,61,74)(H,62,75)(H,63,76)(H,64,77)(H,65,78)/t39-,40+,41?,42?,43?,50?,51?,52?,53?,54?,55?,56?,57?,58?,59?/m0/s1. The summed E-state index contributed by atoms with van der Waals surface area (Å²) in [5, 5.41) is 137. The van der Waals surface area contributed by atoms with E-state index < -0.39 is 118 Å². The lowest BCUT2D eigenvalue weighted by molar-refractivity contribution is -0.301.